The molecule has 100 valence electrons. The largest absolute Gasteiger partial charge is 0.366 e. The zero-order valence-electron chi connectivity index (χ0n) is 11.2. The number of thioether (sulfide) groups is 1. The number of hydrogen-bond donors (Lipinski definition) is 2. The number of hydrogen-bond acceptors (Lipinski definition) is 5. The molecule has 1 aliphatic rings. The fraction of sp³-hybridized carbons (Fsp3) is 0.692. The molecule has 1 saturated heterocycles. The normalized spacial score (nSPS) is 19.6. The number of anilines is 2. The van der Waals surface area contributed by atoms with Gasteiger partial charge in [0.2, 0.25) is 5.95 Å². The predicted octanol–water partition coefficient (Wildman–Crippen LogP) is 2.91. The molecule has 18 heavy (non-hydrogen) atoms. The quantitative estimate of drug-likeness (QED) is 0.858. The molecule has 0 spiro atoms. The molecule has 1 aromatic rings. The molecule has 0 bridgehead atoms. The first kappa shape index (κ1) is 13.5. The molecule has 1 unspecified atom stereocenters. The van der Waals surface area contributed by atoms with E-state index in [2.05, 4.69) is 27.5 Å². The van der Waals surface area contributed by atoms with E-state index >= 15 is 0 Å². The lowest BCUT2D eigenvalue weighted by Crippen LogP contribution is -2.26. The third-order valence-corrected chi connectivity index (χ3v) is 4.12. The van der Waals surface area contributed by atoms with Crippen molar-refractivity contribution in [3.63, 3.8) is 0 Å². The average molecular weight is 266 g/mol. The van der Waals surface area contributed by atoms with E-state index in [0.717, 1.165) is 30.4 Å². The highest BCUT2D eigenvalue weighted by atomic mass is 32.2. The predicted molar refractivity (Wildman–Crippen MR) is 79.5 cm³/mol. The Hall–Kier alpha value is -0.970. The van der Waals surface area contributed by atoms with E-state index < -0.39 is 0 Å². The van der Waals surface area contributed by atoms with Crippen LogP contribution in [0.5, 0.6) is 0 Å². The summed E-state index contributed by atoms with van der Waals surface area (Å²) >= 11 is 2.02. The van der Waals surface area contributed by atoms with Crippen molar-refractivity contribution in [2.24, 2.45) is 0 Å². The summed E-state index contributed by atoms with van der Waals surface area (Å²) in [6.45, 7) is 5.07. The number of nitrogens with zero attached hydrogens (tertiary/aromatic N) is 2. The molecule has 0 aromatic carbocycles. The summed E-state index contributed by atoms with van der Waals surface area (Å²) in [6, 6.07) is 2.58. The van der Waals surface area contributed by atoms with Crippen molar-refractivity contribution >= 4 is 23.5 Å². The van der Waals surface area contributed by atoms with Crippen LogP contribution in [-0.4, -0.2) is 34.1 Å². The summed E-state index contributed by atoms with van der Waals surface area (Å²) in [5.41, 5.74) is 1.01. The summed E-state index contributed by atoms with van der Waals surface area (Å²) < 4.78 is 0. The van der Waals surface area contributed by atoms with Crippen LogP contribution >= 0.6 is 11.8 Å². The van der Waals surface area contributed by atoms with Crippen LogP contribution in [0.15, 0.2) is 6.07 Å². The Balaban J connectivity index is 1.99. The van der Waals surface area contributed by atoms with E-state index in [-0.39, 0.29) is 0 Å². The molecule has 1 atom stereocenters. The highest BCUT2D eigenvalue weighted by molar-refractivity contribution is 7.99. The Kier molecular flexibility index (Phi) is 5.11. The van der Waals surface area contributed by atoms with Crippen molar-refractivity contribution in [2.75, 3.05) is 28.7 Å². The molecule has 5 heteroatoms. The Bertz CT molecular complexity index is 377. The summed E-state index contributed by atoms with van der Waals surface area (Å²) in [5, 5.41) is 6.77. The third-order valence-electron chi connectivity index (χ3n) is 2.90. The van der Waals surface area contributed by atoms with Crippen LogP contribution in [0.4, 0.5) is 11.8 Å². The van der Waals surface area contributed by atoms with E-state index in [1.54, 1.807) is 0 Å². The fourth-order valence-corrected chi connectivity index (χ4v) is 3.09. The minimum absolute atomic E-state index is 0.553. The van der Waals surface area contributed by atoms with Crippen molar-refractivity contribution in [2.45, 2.75) is 39.2 Å². The van der Waals surface area contributed by atoms with Crippen molar-refractivity contribution < 1.29 is 0 Å². The molecule has 2 rings (SSSR count). The molecule has 1 aromatic heterocycles. The minimum atomic E-state index is 0.553. The lowest BCUT2D eigenvalue weighted by Gasteiger charge is -2.23. The number of rotatable bonds is 5. The average Bonchev–Trinajstić information content (AvgIpc) is 2.37. The van der Waals surface area contributed by atoms with Gasteiger partial charge < -0.3 is 10.6 Å². The molecule has 0 radical (unpaired) electrons. The second-order valence-electron chi connectivity index (χ2n) is 4.70. The number of aromatic nitrogens is 2. The summed E-state index contributed by atoms with van der Waals surface area (Å²) in [6.07, 6.45) is 3.63. The van der Waals surface area contributed by atoms with E-state index in [1.165, 1.54) is 24.3 Å². The maximum atomic E-state index is 4.52. The van der Waals surface area contributed by atoms with Gasteiger partial charge in [-0.3, -0.25) is 0 Å². The van der Waals surface area contributed by atoms with Gasteiger partial charge in [-0.15, -0.1) is 0 Å². The maximum Gasteiger partial charge on any atom is 0.224 e. The molecule has 2 heterocycles. The Morgan fingerprint density at radius 3 is 3.06 bits per heavy atom. The van der Waals surface area contributed by atoms with Crippen molar-refractivity contribution in [1.29, 1.82) is 0 Å². The van der Waals surface area contributed by atoms with Gasteiger partial charge in [0.05, 0.1) is 0 Å². The zero-order chi connectivity index (χ0) is 12.8. The number of nitrogens with one attached hydrogen (secondary N) is 2. The molecule has 1 aliphatic heterocycles. The van der Waals surface area contributed by atoms with Crippen molar-refractivity contribution in [3.05, 3.63) is 11.8 Å². The van der Waals surface area contributed by atoms with E-state index in [9.17, 15) is 0 Å². The maximum absolute atomic E-state index is 4.52. The fourth-order valence-electron chi connectivity index (χ4n) is 2.02. The second kappa shape index (κ2) is 6.83. The summed E-state index contributed by atoms with van der Waals surface area (Å²) in [7, 11) is 0. The third kappa shape index (κ3) is 4.05. The molecule has 2 N–H and O–H groups in total. The zero-order valence-corrected chi connectivity index (χ0v) is 12.0. The van der Waals surface area contributed by atoms with Gasteiger partial charge in [-0.1, -0.05) is 6.92 Å². The van der Waals surface area contributed by atoms with Crippen molar-refractivity contribution in [3.8, 4) is 0 Å². The molecular formula is C13H22N4S. The van der Waals surface area contributed by atoms with Gasteiger partial charge in [0.1, 0.15) is 5.82 Å². The van der Waals surface area contributed by atoms with Crippen LogP contribution in [0.1, 0.15) is 31.9 Å². The van der Waals surface area contributed by atoms with Gasteiger partial charge in [-0.2, -0.15) is 16.7 Å². The highest BCUT2D eigenvalue weighted by Crippen LogP contribution is 2.20. The van der Waals surface area contributed by atoms with Gasteiger partial charge >= 0.3 is 0 Å². The van der Waals surface area contributed by atoms with Gasteiger partial charge in [0.25, 0.3) is 0 Å². The Morgan fingerprint density at radius 2 is 2.33 bits per heavy atom. The molecule has 0 saturated carbocycles. The van der Waals surface area contributed by atoms with Gasteiger partial charge in [-0.25, -0.2) is 4.98 Å². The first-order chi connectivity index (χ1) is 8.78. The smallest absolute Gasteiger partial charge is 0.224 e. The highest BCUT2D eigenvalue weighted by Gasteiger charge is 2.14. The van der Waals surface area contributed by atoms with Gasteiger partial charge in [0, 0.05) is 30.1 Å². The van der Waals surface area contributed by atoms with E-state index in [1.807, 2.05) is 24.8 Å². The minimum Gasteiger partial charge on any atom is -0.366 e. The van der Waals surface area contributed by atoms with Gasteiger partial charge in [0.15, 0.2) is 0 Å². The van der Waals surface area contributed by atoms with Crippen LogP contribution in [0.3, 0.4) is 0 Å². The molecule has 0 amide bonds. The van der Waals surface area contributed by atoms with Gasteiger partial charge in [-0.05, 0) is 31.9 Å². The van der Waals surface area contributed by atoms with E-state index in [0.29, 0.717) is 6.04 Å². The summed E-state index contributed by atoms with van der Waals surface area (Å²) in [5.74, 6) is 4.17. The lowest BCUT2D eigenvalue weighted by molar-refractivity contribution is 0.682. The van der Waals surface area contributed by atoms with E-state index in [4.69, 9.17) is 0 Å². The molecule has 4 nitrogen and oxygen atoms in total. The standard InChI is InChI=1S/C13H22N4S/c1-3-6-14-13-15-10(2)8-12(17-13)16-11-5-4-7-18-9-11/h8,11H,3-7,9H2,1-2H3,(H2,14,15,16,17). The molecular weight excluding hydrogens is 244 g/mol. The molecule has 1 fully saturated rings. The molecule has 0 aliphatic carbocycles. The summed E-state index contributed by atoms with van der Waals surface area (Å²) in [4.78, 5) is 8.92. The monoisotopic (exact) mass is 266 g/mol. The first-order valence-electron chi connectivity index (χ1n) is 6.71. The Labute approximate surface area is 113 Å². The van der Waals surface area contributed by atoms with Crippen LogP contribution in [0.2, 0.25) is 0 Å². The van der Waals surface area contributed by atoms with Crippen LogP contribution in [-0.2, 0) is 0 Å². The topological polar surface area (TPSA) is 49.8 Å². The lowest BCUT2D eigenvalue weighted by atomic mass is 10.2. The van der Waals surface area contributed by atoms with Crippen LogP contribution < -0.4 is 10.6 Å². The Morgan fingerprint density at radius 1 is 1.44 bits per heavy atom. The second-order valence-corrected chi connectivity index (χ2v) is 5.85. The van der Waals surface area contributed by atoms with Crippen LogP contribution in [0.25, 0.3) is 0 Å². The number of aryl methyl sites for hydroxylation is 1. The van der Waals surface area contributed by atoms with Crippen LogP contribution in [0, 0.1) is 6.92 Å². The SMILES string of the molecule is CCCNc1nc(C)cc(NC2CCCSC2)n1. The van der Waals surface area contributed by atoms with Crippen molar-refractivity contribution in [1.82, 2.24) is 9.97 Å². The first-order valence-corrected chi connectivity index (χ1v) is 7.87.